The Morgan fingerprint density at radius 2 is 1.94 bits per heavy atom. The molecule has 1 heterocycles. The molecule has 1 atom stereocenters. The maximum atomic E-state index is 11.8. The molecule has 1 aliphatic heterocycles. The highest BCUT2D eigenvalue weighted by atomic mass is 35.5. The van der Waals surface area contributed by atoms with Crippen molar-refractivity contribution in [2.75, 3.05) is 13.2 Å². The zero-order chi connectivity index (χ0) is 12.4. The standard InChI is InChI=1S/C12H11Cl2NO2/c13-9-6-15(12(17)11(9)14)10(7-16)8-4-2-1-3-5-8/h1-5,10,16H,6-7H2/t10-/m0/s1. The van der Waals surface area contributed by atoms with Gasteiger partial charge in [0, 0.05) is 0 Å². The summed E-state index contributed by atoms with van der Waals surface area (Å²) < 4.78 is 0. The van der Waals surface area contributed by atoms with E-state index in [4.69, 9.17) is 23.2 Å². The van der Waals surface area contributed by atoms with E-state index in [1.165, 1.54) is 4.90 Å². The lowest BCUT2D eigenvalue weighted by Crippen LogP contribution is -2.33. The van der Waals surface area contributed by atoms with Gasteiger partial charge in [-0.15, -0.1) is 0 Å². The van der Waals surface area contributed by atoms with Gasteiger partial charge in [-0.1, -0.05) is 53.5 Å². The molecule has 17 heavy (non-hydrogen) atoms. The van der Waals surface area contributed by atoms with E-state index in [1.807, 2.05) is 30.3 Å². The largest absolute Gasteiger partial charge is 0.394 e. The van der Waals surface area contributed by atoms with E-state index >= 15 is 0 Å². The maximum Gasteiger partial charge on any atom is 0.267 e. The number of nitrogens with zero attached hydrogens (tertiary/aromatic N) is 1. The Labute approximate surface area is 109 Å². The molecule has 0 aromatic heterocycles. The van der Waals surface area contributed by atoms with Crippen LogP contribution in [0.5, 0.6) is 0 Å². The van der Waals surface area contributed by atoms with Crippen molar-refractivity contribution >= 4 is 29.1 Å². The highest BCUT2D eigenvalue weighted by Crippen LogP contribution is 2.32. The molecule has 0 bridgehead atoms. The molecule has 1 N–H and O–H groups in total. The van der Waals surface area contributed by atoms with E-state index in [2.05, 4.69) is 0 Å². The van der Waals surface area contributed by atoms with Gasteiger partial charge in [0.05, 0.1) is 24.2 Å². The Morgan fingerprint density at radius 1 is 1.29 bits per heavy atom. The van der Waals surface area contributed by atoms with Crippen molar-refractivity contribution in [3.63, 3.8) is 0 Å². The van der Waals surface area contributed by atoms with Crippen LogP contribution in [-0.4, -0.2) is 29.1 Å². The third kappa shape index (κ3) is 2.32. The van der Waals surface area contributed by atoms with Gasteiger partial charge in [-0.2, -0.15) is 0 Å². The van der Waals surface area contributed by atoms with Gasteiger partial charge in [0.2, 0.25) is 0 Å². The van der Waals surface area contributed by atoms with Gasteiger partial charge in [0.25, 0.3) is 5.91 Å². The summed E-state index contributed by atoms with van der Waals surface area (Å²) in [6.07, 6.45) is 0. The SMILES string of the molecule is O=C1C(Cl)=C(Cl)CN1[C@@H](CO)c1ccccc1. The highest BCUT2D eigenvalue weighted by Gasteiger charge is 2.33. The van der Waals surface area contributed by atoms with E-state index in [1.54, 1.807) is 0 Å². The molecule has 1 aromatic carbocycles. The number of aliphatic hydroxyl groups is 1. The van der Waals surface area contributed by atoms with Gasteiger partial charge in [0.15, 0.2) is 0 Å². The van der Waals surface area contributed by atoms with E-state index < -0.39 is 6.04 Å². The third-order valence-electron chi connectivity index (χ3n) is 2.73. The van der Waals surface area contributed by atoms with Crippen molar-refractivity contribution in [1.29, 1.82) is 0 Å². The molecule has 90 valence electrons. The summed E-state index contributed by atoms with van der Waals surface area (Å²) in [5.74, 6) is -0.334. The fourth-order valence-corrected chi connectivity index (χ4v) is 2.22. The summed E-state index contributed by atoms with van der Waals surface area (Å²) in [6, 6.07) is 8.89. The fraction of sp³-hybridized carbons (Fsp3) is 0.250. The minimum atomic E-state index is -0.409. The number of benzene rings is 1. The molecule has 2 rings (SSSR count). The molecule has 0 aliphatic carbocycles. The van der Waals surface area contributed by atoms with Gasteiger partial charge in [-0.25, -0.2) is 0 Å². The van der Waals surface area contributed by atoms with E-state index in [0.29, 0.717) is 5.03 Å². The fourth-order valence-electron chi connectivity index (χ4n) is 1.84. The molecule has 5 heteroatoms. The minimum Gasteiger partial charge on any atom is -0.394 e. The average Bonchev–Trinajstić information content (AvgIpc) is 2.60. The van der Waals surface area contributed by atoms with Crippen molar-refractivity contribution in [3.05, 3.63) is 46.0 Å². The molecule has 0 spiro atoms. The number of carbonyl (C=O) groups is 1. The second kappa shape index (κ2) is 5.08. The van der Waals surface area contributed by atoms with Gasteiger partial charge in [-0.3, -0.25) is 4.79 Å². The van der Waals surface area contributed by atoms with Crippen LogP contribution >= 0.6 is 23.2 Å². The van der Waals surface area contributed by atoms with Crippen LogP contribution in [0.2, 0.25) is 0 Å². The molecule has 0 saturated carbocycles. The van der Waals surface area contributed by atoms with Crippen molar-refractivity contribution in [1.82, 2.24) is 4.90 Å². The number of hydrogen-bond donors (Lipinski definition) is 1. The van der Waals surface area contributed by atoms with Crippen LogP contribution in [0.25, 0.3) is 0 Å². The summed E-state index contributed by atoms with van der Waals surface area (Å²) in [6.45, 7) is 0.0867. The normalized spacial score (nSPS) is 17.8. The second-order valence-corrected chi connectivity index (χ2v) is 4.60. The lowest BCUT2D eigenvalue weighted by Gasteiger charge is -2.26. The van der Waals surface area contributed by atoms with Crippen molar-refractivity contribution < 1.29 is 9.90 Å². The second-order valence-electron chi connectivity index (χ2n) is 3.76. The third-order valence-corrected chi connectivity index (χ3v) is 3.52. The molecule has 3 nitrogen and oxygen atoms in total. The quantitative estimate of drug-likeness (QED) is 0.916. The van der Waals surface area contributed by atoms with E-state index in [-0.39, 0.29) is 24.1 Å². The van der Waals surface area contributed by atoms with Gasteiger partial charge < -0.3 is 10.0 Å². The maximum absolute atomic E-state index is 11.8. The Balaban J connectivity index is 2.26. The van der Waals surface area contributed by atoms with Crippen LogP contribution in [0, 0.1) is 0 Å². The predicted molar refractivity (Wildman–Crippen MR) is 66.7 cm³/mol. The van der Waals surface area contributed by atoms with E-state index in [0.717, 1.165) is 5.56 Å². The minimum absolute atomic E-state index is 0.0426. The Kier molecular flexibility index (Phi) is 3.72. The lowest BCUT2D eigenvalue weighted by molar-refractivity contribution is -0.127. The zero-order valence-electron chi connectivity index (χ0n) is 8.94. The van der Waals surface area contributed by atoms with Crippen LogP contribution in [0.4, 0.5) is 0 Å². The topological polar surface area (TPSA) is 40.5 Å². The Bertz CT molecular complexity index is 459. The average molecular weight is 272 g/mol. The zero-order valence-corrected chi connectivity index (χ0v) is 10.4. The first-order valence-electron chi connectivity index (χ1n) is 5.16. The molecular formula is C12H11Cl2NO2. The van der Waals surface area contributed by atoms with Crippen LogP contribution < -0.4 is 0 Å². The predicted octanol–water partition coefficient (Wildman–Crippen LogP) is 2.25. The molecule has 1 aliphatic rings. The van der Waals surface area contributed by atoms with Crippen LogP contribution in [-0.2, 0) is 4.79 Å². The van der Waals surface area contributed by atoms with Gasteiger partial charge in [-0.05, 0) is 5.56 Å². The molecule has 1 aromatic rings. The lowest BCUT2D eigenvalue weighted by atomic mass is 10.1. The summed E-state index contributed by atoms with van der Waals surface area (Å²) in [5.41, 5.74) is 0.860. The summed E-state index contributed by atoms with van der Waals surface area (Å²) >= 11 is 11.6. The van der Waals surface area contributed by atoms with Crippen molar-refractivity contribution in [2.24, 2.45) is 0 Å². The van der Waals surface area contributed by atoms with Crippen molar-refractivity contribution in [2.45, 2.75) is 6.04 Å². The molecule has 1 amide bonds. The number of rotatable bonds is 3. The van der Waals surface area contributed by atoms with Gasteiger partial charge in [0.1, 0.15) is 5.03 Å². The van der Waals surface area contributed by atoms with Crippen LogP contribution in [0.3, 0.4) is 0 Å². The van der Waals surface area contributed by atoms with E-state index in [9.17, 15) is 9.90 Å². The molecule has 0 fully saturated rings. The number of halogens is 2. The smallest absolute Gasteiger partial charge is 0.267 e. The highest BCUT2D eigenvalue weighted by molar-refractivity contribution is 6.49. The summed E-state index contributed by atoms with van der Waals surface area (Å²) in [5, 5.41) is 9.80. The monoisotopic (exact) mass is 271 g/mol. The Morgan fingerprint density at radius 3 is 2.41 bits per heavy atom. The van der Waals surface area contributed by atoms with Crippen LogP contribution in [0.15, 0.2) is 40.4 Å². The molecular weight excluding hydrogens is 261 g/mol. The summed E-state index contributed by atoms with van der Waals surface area (Å²) in [4.78, 5) is 13.3. The number of hydrogen-bond acceptors (Lipinski definition) is 2. The first-order chi connectivity index (χ1) is 8.15. The molecule has 0 unspecified atom stereocenters. The number of carbonyl (C=O) groups excluding carboxylic acids is 1. The first kappa shape index (κ1) is 12.4. The number of amides is 1. The molecule has 0 radical (unpaired) electrons. The Hall–Kier alpha value is -1.03. The van der Waals surface area contributed by atoms with Gasteiger partial charge >= 0.3 is 0 Å². The first-order valence-corrected chi connectivity index (χ1v) is 5.91. The summed E-state index contributed by atoms with van der Waals surface area (Å²) in [7, 11) is 0. The number of aliphatic hydroxyl groups excluding tert-OH is 1. The van der Waals surface area contributed by atoms with Crippen molar-refractivity contribution in [3.8, 4) is 0 Å². The molecule has 0 saturated heterocycles. The van der Waals surface area contributed by atoms with Crippen LogP contribution in [0.1, 0.15) is 11.6 Å².